The van der Waals surface area contributed by atoms with Crippen molar-refractivity contribution < 1.29 is 8.83 Å². The van der Waals surface area contributed by atoms with Crippen molar-refractivity contribution in [2.45, 2.75) is 0 Å². The van der Waals surface area contributed by atoms with E-state index in [1.54, 1.807) is 0 Å². The Bertz CT molecular complexity index is 3080. The molecule has 0 spiro atoms. The summed E-state index contributed by atoms with van der Waals surface area (Å²) in [6.45, 7) is 0. The SMILES string of the molecule is c1ccc(-c2cc(-c3ccccc3)nc(-c3cccc4c3oc3c4ccc4c3c3ccccc3n4-c3ccc4c(c3)oc3ccccc34)n2)cc1. The predicted octanol–water partition coefficient (Wildman–Crippen LogP) is 12.4. The highest BCUT2D eigenvalue weighted by molar-refractivity contribution is 6.24. The largest absolute Gasteiger partial charge is 0.456 e. The first kappa shape index (κ1) is 27.9. The van der Waals surface area contributed by atoms with E-state index in [-0.39, 0.29) is 0 Å². The number of benzene rings is 7. The molecule has 5 nitrogen and oxygen atoms in total. The van der Waals surface area contributed by atoms with Gasteiger partial charge in [-0.1, -0.05) is 109 Å². The van der Waals surface area contributed by atoms with Crippen molar-refractivity contribution in [3.8, 4) is 39.6 Å². The van der Waals surface area contributed by atoms with Gasteiger partial charge in [0.05, 0.1) is 33.4 Å². The summed E-state index contributed by atoms with van der Waals surface area (Å²) in [5.74, 6) is 0.623. The standard InChI is InChI=1S/C46H27N3O2/c1-3-12-28(13-4-1)37-27-38(29-14-5-2-6-15-29)48-46(47-37)36-19-11-18-33-34-24-25-40-43(45(34)51-44(33)36)35-17-7-9-20-39(35)49(40)30-22-23-32-31-16-8-10-21-41(31)50-42(32)26-30/h1-27H. The Kier molecular flexibility index (Phi) is 5.89. The lowest BCUT2D eigenvalue weighted by molar-refractivity contribution is 0.668. The number of furan rings is 2. The number of rotatable bonds is 4. The van der Waals surface area contributed by atoms with E-state index in [0.717, 1.165) is 99.4 Å². The highest BCUT2D eigenvalue weighted by Crippen LogP contribution is 2.43. The summed E-state index contributed by atoms with van der Waals surface area (Å²) in [5, 5.41) is 6.50. The average molecular weight is 654 g/mol. The second kappa shape index (κ2) is 10.8. The van der Waals surface area contributed by atoms with Crippen LogP contribution >= 0.6 is 0 Å². The fraction of sp³-hybridized carbons (Fsp3) is 0. The van der Waals surface area contributed by atoms with Crippen LogP contribution in [0.4, 0.5) is 0 Å². The number of nitrogens with zero attached hydrogens (tertiary/aromatic N) is 3. The summed E-state index contributed by atoms with van der Waals surface area (Å²) in [7, 11) is 0. The maximum atomic E-state index is 7.00. The first-order valence-electron chi connectivity index (χ1n) is 17.1. The van der Waals surface area contributed by atoms with Gasteiger partial charge >= 0.3 is 0 Å². The fourth-order valence-corrected chi connectivity index (χ4v) is 7.70. The molecule has 0 aliphatic heterocycles. The number of hydrogen-bond acceptors (Lipinski definition) is 4. The molecular formula is C46H27N3O2. The summed E-state index contributed by atoms with van der Waals surface area (Å²) < 4.78 is 15.6. The smallest absolute Gasteiger partial charge is 0.164 e. The molecule has 0 atom stereocenters. The zero-order valence-electron chi connectivity index (χ0n) is 27.2. The molecular weight excluding hydrogens is 627 g/mol. The van der Waals surface area contributed by atoms with Gasteiger partial charge in [0, 0.05) is 49.8 Å². The molecule has 0 saturated heterocycles. The molecule has 51 heavy (non-hydrogen) atoms. The molecule has 0 saturated carbocycles. The van der Waals surface area contributed by atoms with Crippen molar-refractivity contribution in [2.24, 2.45) is 0 Å². The Morgan fingerprint density at radius 1 is 0.412 bits per heavy atom. The number of hydrogen-bond donors (Lipinski definition) is 0. The van der Waals surface area contributed by atoms with E-state index >= 15 is 0 Å². The molecule has 5 heteroatoms. The minimum atomic E-state index is 0.623. The van der Waals surface area contributed by atoms with Crippen molar-refractivity contribution in [3.63, 3.8) is 0 Å². The minimum Gasteiger partial charge on any atom is -0.456 e. The first-order chi connectivity index (χ1) is 25.3. The zero-order chi connectivity index (χ0) is 33.5. The van der Waals surface area contributed by atoms with Crippen LogP contribution in [-0.4, -0.2) is 14.5 Å². The highest BCUT2D eigenvalue weighted by Gasteiger charge is 2.22. The van der Waals surface area contributed by atoms with Crippen LogP contribution in [0.25, 0.3) is 105 Å². The summed E-state index contributed by atoms with van der Waals surface area (Å²) in [6.07, 6.45) is 0. The molecule has 0 aliphatic carbocycles. The minimum absolute atomic E-state index is 0.623. The van der Waals surface area contributed by atoms with Crippen LogP contribution in [0.1, 0.15) is 0 Å². The van der Waals surface area contributed by atoms with Crippen molar-refractivity contribution in [1.29, 1.82) is 0 Å². The molecule has 238 valence electrons. The molecule has 11 rings (SSSR count). The Labute approximate surface area is 291 Å². The highest BCUT2D eigenvalue weighted by atomic mass is 16.3. The topological polar surface area (TPSA) is 57.0 Å². The molecule has 7 aromatic carbocycles. The van der Waals surface area contributed by atoms with Gasteiger partial charge in [0.1, 0.15) is 22.3 Å². The lowest BCUT2D eigenvalue weighted by atomic mass is 10.0. The van der Waals surface area contributed by atoms with Gasteiger partial charge in [-0.05, 0) is 48.5 Å². The Morgan fingerprint density at radius 2 is 1.04 bits per heavy atom. The maximum absolute atomic E-state index is 7.00. The van der Waals surface area contributed by atoms with Crippen LogP contribution in [0.15, 0.2) is 173 Å². The molecule has 4 aromatic heterocycles. The summed E-state index contributed by atoms with van der Waals surface area (Å²) in [4.78, 5) is 10.3. The van der Waals surface area contributed by atoms with E-state index in [9.17, 15) is 0 Å². The van der Waals surface area contributed by atoms with Crippen LogP contribution in [0, 0.1) is 0 Å². The van der Waals surface area contributed by atoms with Gasteiger partial charge in [-0.25, -0.2) is 9.97 Å². The van der Waals surface area contributed by atoms with Gasteiger partial charge < -0.3 is 13.4 Å². The van der Waals surface area contributed by atoms with Crippen molar-refractivity contribution in [1.82, 2.24) is 14.5 Å². The maximum Gasteiger partial charge on any atom is 0.164 e. The lowest BCUT2D eigenvalue weighted by Gasteiger charge is -2.09. The van der Waals surface area contributed by atoms with Gasteiger partial charge in [0.2, 0.25) is 0 Å². The Hall–Kier alpha value is -6.98. The fourth-order valence-electron chi connectivity index (χ4n) is 7.70. The summed E-state index contributed by atoms with van der Waals surface area (Å²) in [6, 6.07) is 56.5. The second-order valence-corrected chi connectivity index (χ2v) is 12.9. The van der Waals surface area contributed by atoms with Crippen molar-refractivity contribution >= 4 is 65.7 Å². The molecule has 0 N–H and O–H groups in total. The van der Waals surface area contributed by atoms with Gasteiger partial charge in [0.25, 0.3) is 0 Å². The molecule has 0 radical (unpaired) electrons. The van der Waals surface area contributed by atoms with E-state index in [2.05, 4.69) is 120 Å². The molecule has 0 fully saturated rings. The van der Waals surface area contributed by atoms with E-state index in [1.807, 2.05) is 48.5 Å². The van der Waals surface area contributed by atoms with Crippen molar-refractivity contribution in [3.05, 3.63) is 164 Å². The van der Waals surface area contributed by atoms with E-state index in [0.29, 0.717) is 5.82 Å². The third-order valence-electron chi connectivity index (χ3n) is 10.0. The number of para-hydroxylation sites is 3. The van der Waals surface area contributed by atoms with Gasteiger partial charge in [-0.2, -0.15) is 0 Å². The van der Waals surface area contributed by atoms with Crippen LogP contribution in [-0.2, 0) is 0 Å². The molecule has 11 aromatic rings. The van der Waals surface area contributed by atoms with Crippen LogP contribution in [0.2, 0.25) is 0 Å². The van der Waals surface area contributed by atoms with E-state index in [4.69, 9.17) is 18.8 Å². The molecule has 4 heterocycles. The van der Waals surface area contributed by atoms with Gasteiger partial charge in [-0.3, -0.25) is 0 Å². The number of aromatic nitrogens is 3. The summed E-state index contributed by atoms with van der Waals surface area (Å²) in [5.41, 5.74) is 11.2. The molecule has 0 aliphatic rings. The van der Waals surface area contributed by atoms with Crippen LogP contribution in [0.5, 0.6) is 0 Å². The molecule has 0 bridgehead atoms. The summed E-state index contributed by atoms with van der Waals surface area (Å²) >= 11 is 0. The normalized spacial score (nSPS) is 11.9. The van der Waals surface area contributed by atoms with Gasteiger partial charge in [0.15, 0.2) is 5.82 Å². The molecule has 0 amide bonds. The molecule has 0 unspecified atom stereocenters. The lowest BCUT2D eigenvalue weighted by Crippen LogP contribution is -1.96. The Balaban J connectivity index is 1.16. The van der Waals surface area contributed by atoms with Gasteiger partial charge in [-0.15, -0.1) is 0 Å². The van der Waals surface area contributed by atoms with E-state index in [1.165, 1.54) is 0 Å². The zero-order valence-corrected chi connectivity index (χ0v) is 27.2. The monoisotopic (exact) mass is 653 g/mol. The van der Waals surface area contributed by atoms with Crippen molar-refractivity contribution in [2.75, 3.05) is 0 Å². The predicted molar refractivity (Wildman–Crippen MR) is 207 cm³/mol. The third-order valence-corrected chi connectivity index (χ3v) is 10.0. The number of fused-ring (bicyclic) bond motifs is 10. The first-order valence-corrected chi connectivity index (χ1v) is 17.1. The average Bonchev–Trinajstić information content (AvgIpc) is 3.87. The van der Waals surface area contributed by atoms with Crippen LogP contribution in [0.3, 0.4) is 0 Å². The van der Waals surface area contributed by atoms with Crippen LogP contribution < -0.4 is 0 Å². The quantitative estimate of drug-likeness (QED) is 0.190. The third kappa shape index (κ3) is 4.22. The van der Waals surface area contributed by atoms with E-state index < -0.39 is 0 Å². The Morgan fingerprint density at radius 3 is 1.82 bits per heavy atom. The second-order valence-electron chi connectivity index (χ2n) is 12.9.